The van der Waals surface area contributed by atoms with Crippen molar-refractivity contribution in [1.29, 1.82) is 0 Å². The predicted molar refractivity (Wildman–Crippen MR) is 97.6 cm³/mol. The lowest BCUT2D eigenvalue weighted by Crippen LogP contribution is -2.46. The molecule has 0 amide bonds. The molecule has 0 saturated heterocycles. The molecule has 0 spiro atoms. The molecule has 0 unspecified atom stereocenters. The highest BCUT2D eigenvalue weighted by molar-refractivity contribution is 7.18. The van der Waals surface area contributed by atoms with Crippen molar-refractivity contribution in [3.05, 3.63) is 35.6 Å². The maximum Gasteiger partial charge on any atom is 0.392 e. The van der Waals surface area contributed by atoms with Crippen LogP contribution in [0.3, 0.4) is 0 Å². The van der Waals surface area contributed by atoms with Crippen molar-refractivity contribution in [2.45, 2.75) is 24.6 Å². The van der Waals surface area contributed by atoms with Crippen LogP contribution in [0.15, 0.2) is 30.7 Å². The van der Waals surface area contributed by atoms with E-state index in [0.717, 1.165) is 10.9 Å². The number of halogens is 3. The number of rotatable bonds is 2. The van der Waals surface area contributed by atoms with Crippen LogP contribution in [0.5, 0.6) is 0 Å². The van der Waals surface area contributed by atoms with E-state index < -0.39 is 17.7 Å². The summed E-state index contributed by atoms with van der Waals surface area (Å²) < 4.78 is 40.0. The van der Waals surface area contributed by atoms with Crippen LogP contribution < -0.4 is 0 Å². The van der Waals surface area contributed by atoms with Crippen LogP contribution in [0.1, 0.15) is 17.7 Å². The van der Waals surface area contributed by atoms with E-state index in [2.05, 4.69) is 20.1 Å². The molecule has 0 aromatic carbocycles. The van der Waals surface area contributed by atoms with Gasteiger partial charge < -0.3 is 5.11 Å². The number of aryl methyl sites for hydroxylation is 1. The van der Waals surface area contributed by atoms with E-state index in [0.29, 0.717) is 26.6 Å². The summed E-state index contributed by atoms with van der Waals surface area (Å²) in [4.78, 5) is 14.3. The Balaban J connectivity index is 1.48. The molecule has 4 aromatic rings. The van der Waals surface area contributed by atoms with Crippen LogP contribution in [0.25, 0.3) is 32.6 Å². The van der Waals surface area contributed by atoms with Gasteiger partial charge in [0.2, 0.25) is 0 Å². The zero-order valence-corrected chi connectivity index (χ0v) is 15.4. The molecule has 144 valence electrons. The fourth-order valence-electron chi connectivity index (χ4n) is 3.54. The summed E-state index contributed by atoms with van der Waals surface area (Å²) in [5, 5.41) is 16.3. The summed E-state index contributed by atoms with van der Waals surface area (Å²) in [6.45, 7) is 0. The topological polar surface area (TPSA) is 76.7 Å². The fraction of sp³-hybridized carbons (Fsp3) is 0.333. The van der Waals surface area contributed by atoms with Crippen LogP contribution in [0, 0.1) is 5.92 Å². The number of aliphatic hydroxyl groups is 1. The van der Waals surface area contributed by atoms with Crippen LogP contribution in [-0.2, 0) is 12.6 Å². The molecule has 1 N–H and O–H groups in total. The number of pyridine rings is 1. The van der Waals surface area contributed by atoms with Gasteiger partial charge in [-0.25, -0.2) is 15.0 Å². The van der Waals surface area contributed by atoms with Crippen molar-refractivity contribution in [2.24, 2.45) is 13.0 Å². The molecular weight excluding hydrogens is 391 g/mol. The number of aromatic nitrogens is 5. The van der Waals surface area contributed by atoms with Crippen LogP contribution in [-0.4, -0.2) is 36.0 Å². The molecule has 28 heavy (non-hydrogen) atoms. The minimum atomic E-state index is -4.27. The molecule has 1 aliphatic rings. The third-order valence-electron chi connectivity index (χ3n) is 5.09. The molecule has 10 heteroatoms. The Morgan fingerprint density at radius 1 is 1.18 bits per heavy atom. The predicted octanol–water partition coefficient (Wildman–Crippen LogP) is 3.80. The molecular formula is C18H14F3N5OS. The number of fused-ring (bicyclic) bond motifs is 2. The molecule has 5 rings (SSSR count). The van der Waals surface area contributed by atoms with Crippen molar-refractivity contribution in [3.63, 3.8) is 0 Å². The summed E-state index contributed by atoms with van der Waals surface area (Å²) in [5.41, 5.74) is -0.101. The molecule has 6 nitrogen and oxygen atoms in total. The van der Waals surface area contributed by atoms with E-state index in [1.807, 2.05) is 19.3 Å². The maximum absolute atomic E-state index is 12.8. The first kappa shape index (κ1) is 17.5. The molecule has 4 heterocycles. The molecule has 0 bridgehead atoms. The zero-order valence-electron chi connectivity index (χ0n) is 14.6. The van der Waals surface area contributed by atoms with E-state index in [1.165, 1.54) is 11.3 Å². The summed E-state index contributed by atoms with van der Waals surface area (Å²) >= 11 is 1.20. The highest BCUT2D eigenvalue weighted by atomic mass is 32.1. The number of thiophene rings is 1. The average molecular weight is 405 g/mol. The average Bonchev–Trinajstić information content (AvgIpc) is 3.18. The second kappa shape index (κ2) is 5.71. The van der Waals surface area contributed by atoms with Crippen LogP contribution in [0.4, 0.5) is 13.2 Å². The van der Waals surface area contributed by atoms with Crippen LogP contribution >= 0.6 is 11.3 Å². The first-order valence-electron chi connectivity index (χ1n) is 8.57. The SMILES string of the molecule is Cn1cc2cc(-c3ncc4cc(C5(O)CC(C(F)(F)F)C5)sc4n3)cnc2n1. The molecule has 4 aromatic heterocycles. The maximum atomic E-state index is 12.8. The van der Waals surface area contributed by atoms with Crippen molar-refractivity contribution in [1.82, 2.24) is 24.7 Å². The molecule has 0 aliphatic heterocycles. The molecule has 0 radical (unpaired) electrons. The summed E-state index contributed by atoms with van der Waals surface area (Å²) in [6.07, 6.45) is 0.202. The van der Waals surface area contributed by atoms with E-state index >= 15 is 0 Å². The number of hydrogen-bond acceptors (Lipinski definition) is 6. The first-order chi connectivity index (χ1) is 13.2. The summed E-state index contributed by atoms with van der Waals surface area (Å²) in [6, 6.07) is 3.57. The Morgan fingerprint density at radius 2 is 1.96 bits per heavy atom. The minimum absolute atomic E-state index is 0.314. The molecule has 1 aliphatic carbocycles. The van der Waals surface area contributed by atoms with Gasteiger partial charge in [0.15, 0.2) is 11.5 Å². The number of nitrogens with zero attached hydrogens (tertiary/aromatic N) is 5. The fourth-order valence-corrected chi connectivity index (χ4v) is 4.66. The van der Waals surface area contributed by atoms with Gasteiger partial charge in [-0.05, 0) is 25.0 Å². The van der Waals surface area contributed by atoms with Gasteiger partial charge in [0.25, 0.3) is 0 Å². The van der Waals surface area contributed by atoms with Gasteiger partial charge in [0.05, 0.1) is 5.92 Å². The third kappa shape index (κ3) is 2.75. The standard InChI is InChI=1S/C18H14F3N5OS/c1-26-8-11-2-9(6-23-15(11)25-26)14-22-7-10-3-13(28-16(10)24-14)17(27)4-12(5-17)18(19,20)21/h2-3,6-8,12,27H,4-5H2,1H3. The van der Waals surface area contributed by atoms with E-state index in [9.17, 15) is 18.3 Å². The van der Waals surface area contributed by atoms with Crippen LogP contribution in [0.2, 0.25) is 0 Å². The Hall–Kier alpha value is -2.59. The number of alkyl halides is 3. The minimum Gasteiger partial charge on any atom is -0.384 e. The van der Waals surface area contributed by atoms with E-state index in [-0.39, 0.29) is 12.8 Å². The molecule has 1 saturated carbocycles. The van der Waals surface area contributed by atoms with Gasteiger partial charge in [0.1, 0.15) is 10.4 Å². The first-order valence-corrected chi connectivity index (χ1v) is 9.39. The van der Waals surface area contributed by atoms with Gasteiger partial charge in [-0.3, -0.25) is 4.68 Å². The largest absolute Gasteiger partial charge is 0.392 e. The molecule has 1 fully saturated rings. The van der Waals surface area contributed by atoms with E-state index in [4.69, 9.17) is 0 Å². The second-order valence-corrected chi connectivity index (χ2v) is 8.21. The molecule has 0 atom stereocenters. The van der Waals surface area contributed by atoms with Crippen molar-refractivity contribution in [3.8, 4) is 11.4 Å². The lowest BCUT2D eigenvalue weighted by Gasteiger charge is -2.43. The van der Waals surface area contributed by atoms with Crippen molar-refractivity contribution >= 4 is 32.6 Å². The Morgan fingerprint density at radius 3 is 2.71 bits per heavy atom. The summed E-state index contributed by atoms with van der Waals surface area (Å²) in [7, 11) is 1.81. The van der Waals surface area contributed by atoms with Gasteiger partial charge >= 0.3 is 6.18 Å². The summed E-state index contributed by atoms with van der Waals surface area (Å²) in [5.74, 6) is -0.991. The normalized spacial score (nSPS) is 22.7. The quantitative estimate of drug-likeness (QED) is 0.549. The Kier molecular flexibility index (Phi) is 3.57. The van der Waals surface area contributed by atoms with E-state index in [1.54, 1.807) is 23.1 Å². The highest BCUT2D eigenvalue weighted by Crippen LogP contribution is 2.54. The Bertz CT molecular complexity index is 1210. The lowest BCUT2D eigenvalue weighted by atomic mass is 9.70. The smallest absolute Gasteiger partial charge is 0.384 e. The lowest BCUT2D eigenvalue weighted by molar-refractivity contribution is -0.241. The zero-order chi connectivity index (χ0) is 19.7. The third-order valence-corrected chi connectivity index (χ3v) is 6.33. The highest BCUT2D eigenvalue weighted by Gasteiger charge is 2.56. The van der Waals surface area contributed by atoms with Crippen molar-refractivity contribution in [2.75, 3.05) is 0 Å². The number of hydrogen-bond donors (Lipinski definition) is 1. The van der Waals surface area contributed by atoms with Gasteiger partial charge in [-0.2, -0.15) is 18.3 Å². The monoisotopic (exact) mass is 405 g/mol. The van der Waals surface area contributed by atoms with Gasteiger partial charge in [-0.15, -0.1) is 11.3 Å². The Labute approximate surface area is 160 Å². The van der Waals surface area contributed by atoms with Gasteiger partial charge in [0, 0.05) is 46.9 Å². The van der Waals surface area contributed by atoms with Gasteiger partial charge in [-0.1, -0.05) is 0 Å². The van der Waals surface area contributed by atoms with Crippen molar-refractivity contribution < 1.29 is 18.3 Å². The second-order valence-electron chi connectivity index (χ2n) is 7.18.